The Bertz CT molecular complexity index is 444. The van der Waals surface area contributed by atoms with Crippen LogP contribution in [-0.4, -0.2) is 32.8 Å². The van der Waals surface area contributed by atoms with E-state index in [0.29, 0.717) is 18.9 Å². The molecule has 0 radical (unpaired) electrons. The van der Waals surface area contributed by atoms with Crippen molar-refractivity contribution in [3.05, 3.63) is 12.2 Å². The number of aromatic nitrogens is 3. The molecule has 3 N–H and O–H groups in total. The number of carbonyl (C=O) groups is 1. The first-order valence-corrected chi connectivity index (χ1v) is 6.91. The standard InChI is InChI=1S/C13H23N5O/c1-10-4-3-6-13(14,8-10)12(19)15-7-5-11-17-16-9-18(11)2/h9-10H,3-8,14H2,1-2H3,(H,15,19). The molecule has 1 amide bonds. The maximum absolute atomic E-state index is 12.2. The van der Waals surface area contributed by atoms with Gasteiger partial charge >= 0.3 is 0 Å². The molecule has 106 valence electrons. The molecule has 0 saturated heterocycles. The van der Waals surface area contributed by atoms with Crippen molar-refractivity contribution in [1.29, 1.82) is 0 Å². The molecule has 1 aliphatic rings. The Morgan fingerprint density at radius 3 is 3.11 bits per heavy atom. The number of hydrogen-bond donors (Lipinski definition) is 2. The van der Waals surface area contributed by atoms with Crippen molar-refractivity contribution >= 4 is 5.91 Å². The summed E-state index contributed by atoms with van der Waals surface area (Å²) in [5.41, 5.74) is 5.55. The lowest BCUT2D eigenvalue weighted by Gasteiger charge is -2.35. The van der Waals surface area contributed by atoms with E-state index in [9.17, 15) is 4.79 Å². The van der Waals surface area contributed by atoms with Crippen LogP contribution in [0.2, 0.25) is 0 Å². The van der Waals surface area contributed by atoms with E-state index in [2.05, 4.69) is 22.4 Å². The molecular formula is C13H23N5O. The van der Waals surface area contributed by atoms with Crippen LogP contribution in [0.25, 0.3) is 0 Å². The van der Waals surface area contributed by atoms with Gasteiger partial charge < -0.3 is 15.6 Å². The average Bonchev–Trinajstić information content (AvgIpc) is 2.75. The van der Waals surface area contributed by atoms with Gasteiger partial charge in [0.1, 0.15) is 12.2 Å². The zero-order valence-electron chi connectivity index (χ0n) is 11.7. The number of nitrogens with one attached hydrogen (secondary N) is 1. The number of rotatable bonds is 4. The number of aryl methyl sites for hydroxylation is 1. The largest absolute Gasteiger partial charge is 0.354 e. The van der Waals surface area contributed by atoms with Crippen LogP contribution in [-0.2, 0) is 18.3 Å². The molecule has 0 bridgehead atoms. The molecule has 1 heterocycles. The smallest absolute Gasteiger partial charge is 0.240 e. The average molecular weight is 265 g/mol. The number of nitrogens with two attached hydrogens (primary N) is 1. The minimum absolute atomic E-state index is 0.0266. The van der Waals surface area contributed by atoms with Gasteiger partial charge in [-0.1, -0.05) is 19.8 Å². The number of hydrogen-bond acceptors (Lipinski definition) is 4. The van der Waals surface area contributed by atoms with E-state index in [4.69, 9.17) is 5.73 Å². The van der Waals surface area contributed by atoms with Gasteiger partial charge in [0.25, 0.3) is 0 Å². The van der Waals surface area contributed by atoms with E-state index in [0.717, 1.165) is 25.1 Å². The van der Waals surface area contributed by atoms with Gasteiger partial charge in [0, 0.05) is 20.0 Å². The van der Waals surface area contributed by atoms with Crippen LogP contribution in [0.15, 0.2) is 6.33 Å². The Balaban J connectivity index is 1.82. The van der Waals surface area contributed by atoms with Crippen LogP contribution in [0.3, 0.4) is 0 Å². The lowest BCUT2D eigenvalue weighted by molar-refractivity contribution is -0.128. The van der Waals surface area contributed by atoms with E-state index in [1.54, 1.807) is 6.33 Å². The summed E-state index contributed by atoms with van der Waals surface area (Å²) in [5.74, 6) is 1.37. The Morgan fingerprint density at radius 1 is 1.68 bits per heavy atom. The maximum Gasteiger partial charge on any atom is 0.240 e. The molecule has 1 aliphatic carbocycles. The van der Waals surface area contributed by atoms with Gasteiger partial charge in [-0.2, -0.15) is 0 Å². The quantitative estimate of drug-likeness (QED) is 0.824. The first-order valence-electron chi connectivity index (χ1n) is 6.91. The van der Waals surface area contributed by atoms with E-state index < -0.39 is 5.54 Å². The third-order valence-corrected chi connectivity index (χ3v) is 3.92. The summed E-state index contributed by atoms with van der Waals surface area (Å²) in [5, 5.41) is 10.7. The fraction of sp³-hybridized carbons (Fsp3) is 0.769. The summed E-state index contributed by atoms with van der Waals surface area (Å²) < 4.78 is 1.85. The molecule has 1 fully saturated rings. The van der Waals surface area contributed by atoms with Crippen molar-refractivity contribution < 1.29 is 4.79 Å². The Labute approximate surface area is 113 Å². The van der Waals surface area contributed by atoms with Crippen molar-refractivity contribution in [3.8, 4) is 0 Å². The van der Waals surface area contributed by atoms with Crippen LogP contribution >= 0.6 is 0 Å². The third-order valence-electron chi connectivity index (χ3n) is 3.92. The number of carbonyl (C=O) groups excluding carboxylic acids is 1. The van der Waals surface area contributed by atoms with Crippen molar-refractivity contribution in [3.63, 3.8) is 0 Å². The van der Waals surface area contributed by atoms with Crippen LogP contribution in [0.4, 0.5) is 0 Å². The van der Waals surface area contributed by atoms with Gasteiger partial charge in [0.05, 0.1) is 5.54 Å². The van der Waals surface area contributed by atoms with Gasteiger partial charge in [-0.15, -0.1) is 10.2 Å². The van der Waals surface area contributed by atoms with Gasteiger partial charge in [-0.3, -0.25) is 4.79 Å². The lowest BCUT2D eigenvalue weighted by atomic mass is 9.76. The molecule has 1 aromatic rings. The second kappa shape index (κ2) is 5.69. The molecule has 6 heteroatoms. The van der Waals surface area contributed by atoms with Gasteiger partial charge in [-0.05, 0) is 18.8 Å². The van der Waals surface area contributed by atoms with Crippen molar-refractivity contribution in [2.45, 2.75) is 44.6 Å². The SMILES string of the molecule is CC1CCCC(N)(C(=O)NCCc2nncn2C)C1. The zero-order valence-corrected chi connectivity index (χ0v) is 11.7. The monoisotopic (exact) mass is 265 g/mol. The summed E-state index contributed by atoms with van der Waals surface area (Å²) in [6.07, 6.45) is 6.10. The molecule has 0 spiro atoms. The third kappa shape index (κ3) is 3.32. The highest BCUT2D eigenvalue weighted by Gasteiger charge is 2.37. The fourth-order valence-corrected chi connectivity index (χ4v) is 2.80. The van der Waals surface area contributed by atoms with Gasteiger partial charge in [-0.25, -0.2) is 0 Å². The second-order valence-corrected chi connectivity index (χ2v) is 5.72. The molecule has 0 aromatic carbocycles. The van der Waals surface area contributed by atoms with E-state index in [-0.39, 0.29) is 5.91 Å². The Hall–Kier alpha value is -1.43. The van der Waals surface area contributed by atoms with Crippen LogP contribution in [0.1, 0.15) is 38.4 Å². The molecule has 2 unspecified atom stereocenters. The van der Waals surface area contributed by atoms with E-state index in [1.165, 1.54) is 6.42 Å². The Morgan fingerprint density at radius 2 is 2.47 bits per heavy atom. The predicted molar refractivity (Wildman–Crippen MR) is 72.3 cm³/mol. The highest BCUT2D eigenvalue weighted by Crippen LogP contribution is 2.30. The normalized spacial score (nSPS) is 27.2. The molecule has 1 aromatic heterocycles. The summed E-state index contributed by atoms with van der Waals surface area (Å²) in [4.78, 5) is 12.2. The van der Waals surface area contributed by atoms with Crippen LogP contribution < -0.4 is 11.1 Å². The second-order valence-electron chi connectivity index (χ2n) is 5.72. The highest BCUT2D eigenvalue weighted by atomic mass is 16.2. The topological polar surface area (TPSA) is 85.8 Å². The number of nitrogens with zero attached hydrogens (tertiary/aromatic N) is 3. The van der Waals surface area contributed by atoms with Crippen LogP contribution in [0.5, 0.6) is 0 Å². The van der Waals surface area contributed by atoms with Crippen LogP contribution in [0, 0.1) is 5.92 Å². The lowest BCUT2D eigenvalue weighted by Crippen LogP contribution is -2.56. The zero-order chi connectivity index (χ0) is 13.9. The first-order chi connectivity index (χ1) is 9.01. The molecule has 0 aliphatic heterocycles. The predicted octanol–water partition coefficient (Wildman–Crippen LogP) is 0.381. The first kappa shape index (κ1) is 14.0. The molecule has 1 saturated carbocycles. The molecule has 6 nitrogen and oxygen atoms in total. The minimum atomic E-state index is -0.683. The molecular weight excluding hydrogens is 242 g/mol. The molecule has 19 heavy (non-hydrogen) atoms. The summed E-state index contributed by atoms with van der Waals surface area (Å²) in [6.45, 7) is 2.71. The van der Waals surface area contributed by atoms with Gasteiger partial charge in [0.15, 0.2) is 0 Å². The minimum Gasteiger partial charge on any atom is -0.354 e. The summed E-state index contributed by atoms with van der Waals surface area (Å²) in [7, 11) is 1.89. The van der Waals surface area contributed by atoms with Crippen molar-refractivity contribution in [1.82, 2.24) is 20.1 Å². The molecule has 2 rings (SSSR count). The van der Waals surface area contributed by atoms with E-state index in [1.807, 2.05) is 11.6 Å². The number of amides is 1. The maximum atomic E-state index is 12.2. The Kier molecular flexibility index (Phi) is 4.19. The molecule has 2 atom stereocenters. The summed E-state index contributed by atoms with van der Waals surface area (Å²) >= 11 is 0. The van der Waals surface area contributed by atoms with Crippen molar-refractivity contribution in [2.75, 3.05) is 6.54 Å². The van der Waals surface area contributed by atoms with Crippen molar-refractivity contribution in [2.24, 2.45) is 18.7 Å². The fourth-order valence-electron chi connectivity index (χ4n) is 2.80. The van der Waals surface area contributed by atoms with Gasteiger partial charge in [0.2, 0.25) is 5.91 Å². The van der Waals surface area contributed by atoms with E-state index >= 15 is 0 Å². The highest BCUT2D eigenvalue weighted by molar-refractivity contribution is 5.86. The summed E-state index contributed by atoms with van der Waals surface area (Å²) in [6, 6.07) is 0.